The minimum atomic E-state index is -3.29. The topological polar surface area (TPSA) is 87.3 Å². The van der Waals surface area contributed by atoms with Crippen molar-refractivity contribution in [2.75, 3.05) is 7.05 Å². The summed E-state index contributed by atoms with van der Waals surface area (Å²) in [4.78, 5) is 12.0. The zero-order valence-corrected chi connectivity index (χ0v) is 16.2. The number of halogens is 1. The molecule has 6 nitrogen and oxygen atoms in total. The summed E-state index contributed by atoms with van der Waals surface area (Å²) in [5, 5.41) is 6.29. The minimum Gasteiger partial charge on any atom is -0.334 e. The molecule has 0 spiro atoms. The highest BCUT2D eigenvalue weighted by Crippen LogP contribution is 2.15. The van der Waals surface area contributed by atoms with Crippen molar-refractivity contribution in [2.24, 2.45) is 0 Å². The third kappa shape index (κ3) is 6.33. The summed E-state index contributed by atoms with van der Waals surface area (Å²) in [7, 11) is -1.91. The Kier molecular flexibility index (Phi) is 7.02. The van der Waals surface area contributed by atoms with Crippen molar-refractivity contribution in [2.45, 2.75) is 25.3 Å². The van der Waals surface area contributed by atoms with Crippen molar-refractivity contribution in [3.05, 3.63) is 70.2 Å². The molecule has 1 unspecified atom stereocenters. The number of carbonyl (C=O) groups excluding carboxylic acids is 1. The molecule has 2 amide bonds. The van der Waals surface area contributed by atoms with Gasteiger partial charge in [0.05, 0.1) is 11.8 Å². The molecule has 140 valence electrons. The normalized spacial score (nSPS) is 12.4. The Labute approximate surface area is 159 Å². The van der Waals surface area contributed by atoms with Gasteiger partial charge in [0.1, 0.15) is 0 Å². The molecule has 0 aromatic heterocycles. The third-order valence-corrected chi connectivity index (χ3v) is 5.45. The van der Waals surface area contributed by atoms with Gasteiger partial charge in [-0.2, -0.15) is 0 Å². The number of benzene rings is 2. The Balaban J connectivity index is 1.84. The molecule has 0 radical (unpaired) electrons. The van der Waals surface area contributed by atoms with E-state index in [4.69, 9.17) is 11.6 Å². The zero-order chi connectivity index (χ0) is 19.2. The molecule has 0 saturated heterocycles. The zero-order valence-electron chi connectivity index (χ0n) is 14.6. The SMILES string of the molecule is CNS(=O)(=O)Cc1ccc(CNC(=O)NC(C)c2ccc(Cl)cc2)cc1. The van der Waals surface area contributed by atoms with Crippen LogP contribution in [0.3, 0.4) is 0 Å². The molecule has 0 aliphatic rings. The van der Waals surface area contributed by atoms with Crippen LogP contribution < -0.4 is 15.4 Å². The van der Waals surface area contributed by atoms with Gasteiger partial charge in [-0.15, -0.1) is 0 Å². The van der Waals surface area contributed by atoms with E-state index >= 15 is 0 Å². The second-order valence-electron chi connectivity index (χ2n) is 5.88. The second kappa shape index (κ2) is 9.02. The molecule has 8 heteroatoms. The Morgan fingerprint density at radius 2 is 1.62 bits per heavy atom. The van der Waals surface area contributed by atoms with Gasteiger partial charge in [0.25, 0.3) is 0 Å². The number of rotatable bonds is 7. The lowest BCUT2D eigenvalue weighted by Gasteiger charge is -2.15. The molecule has 2 aromatic rings. The number of carbonyl (C=O) groups is 1. The fourth-order valence-electron chi connectivity index (χ4n) is 2.31. The average Bonchev–Trinajstić information content (AvgIpc) is 2.61. The molecule has 0 fully saturated rings. The predicted molar refractivity (Wildman–Crippen MR) is 103 cm³/mol. The maximum Gasteiger partial charge on any atom is 0.315 e. The number of nitrogens with one attached hydrogen (secondary N) is 3. The Morgan fingerprint density at radius 3 is 2.19 bits per heavy atom. The van der Waals surface area contributed by atoms with E-state index in [2.05, 4.69) is 15.4 Å². The Hall–Kier alpha value is -2.09. The molecule has 0 aliphatic carbocycles. The summed E-state index contributed by atoms with van der Waals surface area (Å²) in [5.41, 5.74) is 2.52. The summed E-state index contributed by atoms with van der Waals surface area (Å²) >= 11 is 5.86. The highest BCUT2D eigenvalue weighted by atomic mass is 35.5. The molecule has 3 N–H and O–H groups in total. The molecule has 0 heterocycles. The van der Waals surface area contributed by atoms with E-state index in [-0.39, 0.29) is 17.8 Å². The van der Waals surface area contributed by atoms with Crippen molar-refractivity contribution >= 4 is 27.7 Å². The van der Waals surface area contributed by atoms with E-state index in [9.17, 15) is 13.2 Å². The maximum absolute atomic E-state index is 12.0. The first-order valence-corrected chi connectivity index (χ1v) is 10.1. The number of amides is 2. The van der Waals surface area contributed by atoms with E-state index in [1.165, 1.54) is 7.05 Å². The molecule has 0 bridgehead atoms. The molecule has 2 aromatic carbocycles. The van der Waals surface area contributed by atoms with Crippen LogP contribution in [0.4, 0.5) is 4.79 Å². The molecule has 26 heavy (non-hydrogen) atoms. The number of hydrogen-bond acceptors (Lipinski definition) is 3. The first-order valence-electron chi connectivity index (χ1n) is 8.08. The van der Waals surface area contributed by atoms with E-state index in [0.717, 1.165) is 11.1 Å². The lowest BCUT2D eigenvalue weighted by Crippen LogP contribution is -2.36. The summed E-state index contributed by atoms with van der Waals surface area (Å²) in [6.07, 6.45) is 0. The van der Waals surface area contributed by atoms with Crippen LogP contribution in [0.5, 0.6) is 0 Å². The number of hydrogen-bond donors (Lipinski definition) is 3. The smallest absolute Gasteiger partial charge is 0.315 e. The van der Waals surface area contributed by atoms with E-state index in [1.54, 1.807) is 36.4 Å². The van der Waals surface area contributed by atoms with Crippen LogP contribution in [0.2, 0.25) is 5.02 Å². The van der Waals surface area contributed by atoms with Crippen LogP contribution in [0.15, 0.2) is 48.5 Å². The van der Waals surface area contributed by atoms with Gasteiger partial charge < -0.3 is 10.6 Å². The minimum absolute atomic E-state index is 0.0731. The van der Waals surface area contributed by atoms with Crippen molar-refractivity contribution < 1.29 is 13.2 Å². The van der Waals surface area contributed by atoms with Gasteiger partial charge in [-0.05, 0) is 42.8 Å². The van der Waals surface area contributed by atoms with Crippen molar-refractivity contribution in [3.8, 4) is 0 Å². The summed E-state index contributed by atoms with van der Waals surface area (Å²) in [6, 6.07) is 13.9. The number of urea groups is 1. The largest absolute Gasteiger partial charge is 0.334 e. The third-order valence-electron chi connectivity index (χ3n) is 3.86. The molecule has 0 aliphatic heterocycles. The first kappa shape index (κ1) is 20.2. The standard InChI is InChI=1S/C18H22ClN3O3S/c1-13(16-7-9-17(19)10-8-16)22-18(23)21-11-14-3-5-15(6-4-14)12-26(24,25)20-2/h3-10,13,20H,11-12H2,1-2H3,(H2,21,22,23). The lowest BCUT2D eigenvalue weighted by atomic mass is 10.1. The molecule has 0 saturated carbocycles. The first-order chi connectivity index (χ1) is 12.3. The van der Waals surface area contributed by atoms with Gasteiger partial charge >= 0.3 is 6.03 Å². The fourth-order valence-corrected chi connectivity index (χ4v) is 3.21. The van der Waals surface area contributed by atoms with Gasteiger partial charge in [0.15, 0.2) is 0 Å². The Bertz CT molecular complexity index is 837. The molecule has 2 rings (SSSR count). The van der Waals surface area contributed by atoms with Crippen LogP contribution >= 0.6 is 11.6 Å². The van der Waals surface area contributed by atoms with Crippen molar-refractivity contribution in [3.63, 3.8) is 0 Å². The highest BCUT2D eigenvalue weighted by molar-refractivity contribution is 7.88. The monoisotopic (exact) mass is 395 g/mol. The van der Waals surface area contributed by atoms with Crippen LogP contribution in [-0.4, -0.2) is 21.5 Å². The summed E-state index contributed by atoms with van der Waals surface area (Å²) < 4.78 is 25.3. The number of sulfonamides is 1. The van der Waals surface area contributed by atoms with Gasteiger partial charge in [-0.25, -0.2) is 17.9 Å². The highest BCUT2D eigenvalue weighted by Gasteiger charge is 2.10. The van der Waals surface area contributed by atoms with Gasteiger partial charge in [0.2, 0.25) is 10.0 Å². The van der Waals surface area contributed by atoms with E-state index in [1.807, 2.05) is 19.1 Å². The molecular weight excluding hydrogens is 374 g/mol. The van der Waals surface area contributed by atoms with Gasteiger partial charge in [0, 0.05) is 11.6 Å². The molecule has 1 atom stereocenters. The summed E-state index contributed by atoms with van der Waals surface area (Å²) in [5.74, 6) is -0.0731. The quantitative estimate of drug-likeness (QED) is 0.673. The average molecular weight is 396 g/mol. The lowest BCUT2D eigenvalue weighted by molar-refractivity contribution is 0.237. The van der Waals surface area contributed by atoms with Crippen LogP contribution in [-0.2, 0) is 22.3 Å². The second-order valence-corrected chi connectivity index (χ2v) is 8.24. The van der Waals surface area contributed by atoms with Crippen LogP contribution in [0, 0.1) is 0 Å². The van der Waals surface area contributed by atoms with E-state index < -0.39 is 10.0 Å². The Morgan fingerprint density at radius 1 is 1.04 bits per heavy atom. The van der Waals surface area contributed by atoms with Crippen molar-refractivity contribution in [1.29, 1.82) is 0 Å². The van der Waals surface area contributed by atoms with Gasteiger partial charge in [-0.1, -0.05) is 48.0 Å². The van der Waals surface area contributed by atoms with Crippen molar-refractivity contribution in [1.82, 2.24) is 15.4 Å². The van der Waals surface area contributed by atoms with Gasteiger partial charge in [-0.3, -0.25) is 0 Å². The predicted octanol–water partition coefficient (Wildman–Crippen LogP) is 2.95. The molecular formula is C18H22ClN3O3S. The van der Waals surface area contributed by atoms with Crippen LogP contribution in [0.25, 0.3) is 0 Å². The van der Waals surface area contributed by atoms with Crippen LogP contribution in [0.1, 0.15) is 29.7 Å². The fraction of sp³-hybridized carbons (Fsp3) is 0.278. The maximum atomic E-state index is 12.0. The van der Waals surface area contributed by atoms with E-state index in [0.29, 0.717) is 17.1 Å². The summed E-state index contributed by atoms with van der Waals surface area (Å²) in [6.45, 7) is 2.23.